The van der Waals surface area contributed by atoms with Gasteiger partial charge in [0.05, 0.1) is 0 Å². The van der Waals surface area contributed by atoms with Gasteiger partial charge < -0.3 is 0 Å². The molecule has 0 aliphatic heterocycles. The van der Waals surface area contributed by atoms with Crippen LogP contribution in [0.5, 0.6) is 0 Å². The van der Waals surface area contributed by atoms with Crippen LogP contribution in [0.15, 0.2) is 84.9 Å². The molecule has 165 valence electrons. The molecule has 0 amide bonds. The Morgan fingerprint density at radius 1 is 0.515 bits per heavy atom. The lowest BCUT2D eigenvalue weighted by atomic mass is 9.89. The Morgan fingerprint density at radius 2 is 0.939 bits per heavy atom. The Balaban J connectivity index is 1.52. The summed E-state index contributed by atoms with van der Waals surface area (Å²) in [5.74, 6) is 1.12. The van der Waals surface area contributed by atoms with Crippen LogP contribution in [0.2, 0.25) is 0 Å². The topological polar surface area (TPSA) is 0 Å². The van der Waals surface area contributed by atoms with Gasteiger partial charge in [0.2, 0.25) is 0 Å². The van der Waals surface area contributed by atoms with Crippen molar-refractivity contribution < 1.29 is 0 Å². The van der Waals surface area contributed by atoms with E-state index in [0.717, 1.165) is 12.8 Å². The summed E-state index contributed by atoms with van der Waals surface area (Å²) in [7, 11) is 0. The van der Waals surface area contributed by atoms with Crippen LogP contribution in [0.4, 0.5) is 0 Å². The van der Waals surface area contributed by atoms with E-state index in [9.17, 15) is 0 Å². The molecule has 33 heavy (non-hydrogen) atoms. The largest absolute Gasteiger partial charge is 0.0648 e. The van der Waals surface area contributed by atoms with Crippen molar-refractivity contribution in [2.24, 2.45) is 0 Å². The zero-order chi connectivity index (χ0) is 22.9. The van der Waals surface area contributed by atoms with Crippen molar-refractivity contribution in [1.29, 1.82) is 0 Å². The lowest BCUT2D eigenvalue weighted by Crippen LogP contribution is -1.95. The molecule has 0 N–H and O–H groups in total. The lowest BCUT2D eigenvalue weighted by molar-refractivity contribution is 0.735. The molecule has 4 aromatic carbocycles. The Hall–Kier alpha value is -3.12. The second kappa shape index (κ2) is 9.02. The second-order valence-electron chi connectivity index (χ2n) is 9.54. The molecule has 0 bridgehead atoms. The molecule has 2 unspecified atom stereocenters. The summed E-state index contributed by atoms with van der Waals surface area (Å²) < 4.78 is 0. The maximum absolute atomic E-state index is 2.38. The van der Waals surface area contributed by atoms with E-state index in [1.54, 1.807) is 0 Å². The van der Waals surface area contributed by atoms with Crippen molar-refractivity contribution >= 4 is 0 Å². The Labute approximate surface area is 199 Å². The Morgan fingerprint density at radius 3 is 1.36 bits per heavy atom. The van der Waals surface area contributed by atoms with Crippen LogP contribution < -0.4 is 0 Å². The molecular weight excluding hydrogens is 396 g/mol. The summed E-state index contributed by atoms with van der Waals surface area (Å²) in [6, 6.07) is 31.8. The summed E-state index contributed by atoms with van der Waals surface area (Å²) in [5, 5.41) is 0. The molecule has 0 aromatic heterocycles. The lowest BCUT2D eigenvalue weighted by Gasteiger charge is -2.16. The quantitative estimate of drug-likeness (QED) is 0.252. The predicted molar refractivity (Wildman–Crippen MR) is 143 cm³/mol. The first-order chi connectivity index (χ1) is 16.1. The molecule has 0 saturated carbocycles. The van der Waals surface area contributed by atoms with Gasteiger partial charge in [0.1, 0.15) is 0 Å². The monoisotopic (exact) mass is 429 g/mol. The van der Waals surface area contributed by atoms with E-state index >= 15 is 0 Å². The van der Waals surface area contributed by atoms with Crippen molar-refractivity contribution in [3.63, 3.8) is 0 Å². The molecule has 1 aliphatic carbocycles. The van der Waals surface area contributed by atoms with Crippen LogP contribution in [0.3, 0.4) is 0 Å². The van der Waals surface area contributed by atoms with Gasteiger partial charge in [0.15, 0.2) is 0 Å². The van der Waals surface area contributed by atoms with Crippen molar-refractivity contribution in [2.75, 3.05) is 0 Å². The highest BCUT2D eigenvalue weighted by Gasteiger charge is 2.21. The van der Waals surface area contributed by atoms with Crippen LogP contribution in [-0.2, 0) is 0 Å². The van der Waals surface area contributed by atoms with E-state index in [1.807, 2.05) is 0 Å². The predicted octanol–water partition coefficient (Wildman–Crippen LogP) is 9.63. The van der Waals surface area contributed by atoms with E-state index in [2.05, 4.69) is 119 Å². The molecule has 0 heteroatoms. The summed E-state index contributed by atoms with van der Waals surface area (Å²) in [6.45, 7) is 9.19. The van der Waals surface area contributed by atoms with Gasteiger partial charge in [-0.1, -0.05) is 100 Å². The molecule has 0 nitrogen and oxygen atoms in total. The number of rotatable bonds is 6. The fraction of sp³-hybridized carbons (Fsp3) is 0.242. The maximum Gasteiger partial charge on any atom is 0.0212 e. The van der Waals surface area contributed by atoms with Gasteiger partial charge in [-0.2, -0.15) is 0 Å². The highest BCUT2D eigenvalue weighted by Crippen LogP contribution is 2.43. The first-order valence-electron chi connectivity index (χ1n) is 12.4. The van der Waals surface area contributed by atoms with Crippen molar-refractivity contribution in [2.45, 2.75) is 52.4 Å². The minimum absolute atomic E-state index is 0.559. The average Bonchev–Trinajstić information content (AvgIpc) is 3.24. The van der Waals surface area contributed by atoms with Gasteiger partial charge in [-0.25, -0.2) is 0 Å². The summed E-state index contributed by atoms with van der Waals surface area (Å²) >= 11 is 0. The van der Waals surface area contributed by atoms with Crippen LogP contribution in [0, 0.1) is 6.42 Å². The minimum atomic E-state index is 0.559. The second-order valence-corrected chi connectivity index (χ2v) is 9.54. The molecule has 0 fully saturated rings. The number of fused-ring (bicyclic) bond motifs is 3. The van der Waals surface area contributed by atoms with E-state index < -0.39 is 0 Å². The molecule has 2 atom stereocenters. The zero-order valence-electron chi connectivity index (χ0n) is 20.2. The molecule has 0 saturated heterocycles. The van der Waals surface area contributed by atoms with Gasteiger partial charge in [0.25, 0.3) is 0 Å². The summed E-state index contributed by atoms with van der Waals surface area (Å²) in [4.78, 5) is 0. The third-order valence-corrected chi connectivity index (χ3v) is 7.53. The normalized spacial score (nSPS) is 13.9. The highest BCUT2D eigenvalue weighted by molar-refractivity contribution is 5.86. The van der Waals surface area contributed by atoms with Gasteiger partial charge in [-0.3, -0.25) is 0 Å². The van der Waals surface area contributed by atoms with E-state index in [1.165, 1.54) is 55.6 Å². The number of hydrogen-bond donors (Lipinski definition) is 0. The molecule has 1 aliphatic rings. The van der Waals surface area contributed by atoms with Crippen molar-refractivity contribution in [1.82, 2.24) is 0 Å². The summed E-state index contributed by atoms with van der Waals surface area (Å²) in [6.07, 6.45) is 4.68. The van der Waals surface area contributed by atoms with E-state index in [4.69, 9.17) is 0 Å². The maximum atomic E-state index is 2.38. The standard InChI is InChI=1S/C33H33/c1-5-22(3)28-11-7-9-13-30(28)24-15-17-32-26(19-24)21-27-20-25(16-18-33(27)32)31-14-10-8-12-29(31)23(4)6-2/h7-23H,5-6H2,1-4H3. The number of hydrogen-bond acceptors (Lipinski definition) is 0. The fourth-order valence-electron chi connectivity index (χ4n) is 5.18. The molecule has 4 aromatic rings. The van der Waals surface area contributed by atoms with Crippen LogP contribution in [0.1, 0.15) is 74.6 Å². The third-order valence-electron chi connectivity index (χ3n) is 7.53. The third kappa shape index (κ3) is 3.93. The van der Waals surface area contributed by atoms with E-state index in [-0.39, 0.29) is 0 Å². The first kappa shape index (κ1) is 21.7. The average molecular weight is 430 g/mol. The molecule has 0 spiro atoms. The Bertz CT molecular complexity index is 1190. The highest BCUT2D eigenvalue weighted by atomic mass is 14.2. The van der Waals surface area contributed by atoms with E-state index in [0.29, 0.717) is 11.8 Å². The van der Waals surface area contributed by atoms with Gasteiger partial charge in [-0.05, 0) is 92.4 Å². The van der Waals surface area contributed by atoms with Gasteiger partial charge in [-0.15, -0.1) is 0 Å². The SMILES string of the molecule is CCC(C)c1ccccc1-c1ccc2c(c1)[CH]c1cc(-c3ccccc3C(C)CC)ccc1-2. The molecule has 1 radical (unpaired) electrons. The molecular formula is C33H33. The van der Waals surface area contributed by atoms with Gasteiger partial charge in [0, 0.05) is 6.42 Å². The van der Waals surface area contributed by atoms with Crippen LogP contribution >= 0.6 is 0 Å². The fourth-order valence-corrected chi connectivity index (χ4v) is 5.18. The smallest absolute Gasteiger partial charge is 0.0212 e. The zero-order valence-corrected chi connectivity index (χ0v) is 20.2. The van der Waals surface area contributed by atoms with Gasteiger partial charge >= 0.3 is 0 Å². The number of benzene rings is 4. The van der Waals surface area contributed by atoms with Crippen molar-refractivity contribution in [3.8, 4) is 33.4 Å². The summed E-state index contributed by atoms with van der Waals surface area (Å²) in [5.41, 5.74) is 13.6. The minimum Gasteiger partial charge on any atom is -0.0648 e. The molecule has 5 rings (SSSR count). The van der Waals surface area contributed by atoms with Crippen LogP contribution in [0.25, 0.3) is 33.4 Å². The first-order valence-corrected chi connectivity index (χ1v) is 12.4. The van der Waals surface area contributed by atoms with Crippen molar-refractivity contribution in [3.05, 3.63) is 114 Å². The Kier molecular flexibility index (Phi) is 5.94. The molecule has 0 heterocycles. The van der Waals surface area contributed by atoms with Crippen LogP contribution in [-0.4, -0.2) is 0 Å².